The van der Waals surface area contributed by atoms with E-state index in [-0.39, 0.29) is 29.7 Å². The predicted octanol–water partition coefficient (Wildman–Crippen LogP) is 2.38. The maximum atomic E-state index is 13.0. The molecule has 0 saturated carbocycles. The molecule has 1 aromatic rings. The van der Waals surface area contributed by atoms with Gasteiger partial charge in [-0.05, 0) is 50.7 Å². The summed E-state index contributed by atoms with van der Waals surface area (Å²) in [4.78, 5) is 32.0. The van der Waals surface area contributed by atoms with Gasteiger partial charge in [0.1, 0.15) is 11.5 Å². The average Bonchev–Trinajstić information content (AvgIpc) is 2.94. The molecule has 3 aliphatic heterocycles. The van der Waals surface area contributed by atoms with E-state index in [0.29, 0.717) is 25.2 Å². The molecule has 4 heterocycles. The second-order valence-corrected chi connectivity index (χ2v) is 7.89. The second-order valence-electron chi connectivity index (χ2n) is 7.89. The zero-order valence-corrected chi connectivity index (χ0v) is 15.6. The first-order chi connectivity index (χ1) is 13.0. The molecule has 27 heavy (non-hydrogen) atoms. The van der Waals surface area contributed by atoms with Gasteiger partial charge in [-0.25, -0.2) is 9.37 Å². The molecule has 0 aromatic carbocycles. The Labute approximate surface area is 158 Å². The first-order valence-electron chi connectivity index (χ1n) is 9.86. The molecule has 7 heteroatoms. The van der Waals surface area contributed by atoms with Gasteiger partial charge in [0.2, 0.25) is 5.91 Å². The maximum absolute atomic E-state index is 13.0. The van der Waals surface area contributed by atoms with Crippen LogP contribution in [0.4, 0.5) is 4.39 Å². The van der Waals surface area contributed by atoms with Gasteiger partial charge in [-0.2, -0.15) is 0 Å². The Morgan fingerprint density at radius 3 is 2.30 bits per heavy atom. The van der Waals surface area contributed by atoms with Gasteiger partial charge in [0.15, 0.2) is 0 Å². The Balaban J connectivity index is 1.27. The molecule has 0 spiro atoms. The third-order valence-electron chi connectivity index (χ3n) is 6.11. The zero-order chi connectivity index (χ0) is 19.0. The number of halogens is 1. The van der Waals surface area contributed by atoms with Crippen molar-refractivity contribution in [2.24, 2.45) is 0 Å². The highest BCUT2D eigenvalue weighted by Gasteiger charge is 2.43. The number of pyridine rings is 1. The summed E-state index contributed by atoms with van der Waals surface area (Å²) in [5.41, 5.74) is 0.281. The highest BCUT2D eigenvalue weighted by Crippen LogP contribution is 2.37. The molecule has 3 atom stereocenters. The normalized spacial score (nSPS) is 28.4. The molecule has 0 radical (unpaired) electrons. The van der Waals surface area contributed by atoms with E-state index in [9.17, 15) is 14.0 Å². The van der Waals surface area contributed by atoms with Crippen LogP contribution in [0.15, 0.2) is 18.3 Å². The lowest BCUT2D eigenvalue weighted by Crippen LogP contribution is -2.49. The molecule has 0 aliphatic carbocycles. The minimum atomic E-state index is -0.441. The van der Waals surface area contributed by atoms with Crippen LogP contribution in [0, 0.1) is 5.82 Å². The third kappa shape index (κ3) is 3.83. The Morgan fingerprint density at radius 1 is 1.07 bits per heavy atom. The minimum Gasteiger partial charge on any atom is -0.375 e. The van der Waals surface area contributed by atoms with Crippen LogP contribution in [-0.4, -0.2) is 64.0 Å². The molecule has 3 aliphatic rings. The third-order valence-corrected chi connectivity index (χ3v) is 6.11. The first kappa shape index (κ1) is 18.3. The van der Waals surface area contributed by atoms with Gasteiger partial charge < -0.3 is 14.5 Å². The largest absolute Gasteiger partial charge is 0.375 e. The van der Waals surface area contributed by atoms with Gasteiger partial charge in [-0.1, -0.05) is 0 Å². The van der Waals surface area contributed by atoms with Crippen LogP contribution in [0.2, 0.25) is 0 Å². The number of carbonyl (C=O) groups is 2. The average molecular weight is 375 g/mol. The summed E-state index contributed by atoms with van der Waals surface area (Å²) in [6, 6.07) is 3.35. The van der Waals surface area contributed by atoms with Crippen LogP contribution in [0.5, 0.6) is 0 Å². The quantitative estimate of drug-likeness (QED) is 0.814. The van der Waals surface area contributed by atoms with Gasteiger partial charge >= 0.3 is 0 Å². The molecule has 0 N–H and O–H groups in total. The number of nitrogens with zero attached hydrogens (tertiary/aromatic N) is 3. The minimum absolute atomic E-state index is 0.152. The zero-order valence-electron chi connectivity index (χ0n) is 15.6. The maximum Gasteiger partial charge on any atom is 0.272 e. The summed E-state index contributed by atoms with van der Waals surface area (Å²) in [6.45, 7) is 2.92. The molecule has 2 amide bonds. The number of aromatic nitrogens is 1. The van der Waals surface area contributed by atoms with E-state index in [1.165, 1.54) is 12.1 Å². The van der Waals surface area contributed by atoms with Gasteiger partial charge in [-0.15, -0.1) is 0 Å². The number of hydrogen-bond acceptors (Lipinski definition) is 4. The summed E-state index contributed by atoms with van der Waals surface area (Å²) < 4.78 is 19.3. The van der Waals surface area contributed by atoms with Crippen molar-refractivity contribution in [1.82, 2.24) is 14.8 Å². The van der Waals surface area contributed by atoms with E-state index in [1.54, 1.807) is 11.8 Å². The molecule has 3 saturated heterocycles. The summed E-state index contributed by atoms with van der Waals surface area (Å²) in [6.07, 6.45) is 7.06. The Bertz CT molecular complexity index is 689. The number of likely N-dealkylation sites (tertiary alicyclic amines) is 1. The molecular weight excluding hydrogens is 349 g/mol. The molecule has 4 rings (SSSR count). The van der Waals surface area contributed by atoms with Crippen molar-refractivity contribution >= 4 is 11.8 Å². The van der Waals surface area contributed by atoms with E-state index in [1.807, 2.05) is 0 Å². The van der Waals surface area contributed by atoms with Crippen LogP contribution >= 0.6 is 0 Å². The number of carbonyl (C=O) groups excluding carboxylic acids is 2. The smallest absolute Gasteiger partial charge is 0.272 e. The lowest BCUT2D eigenvalue weighted by molar-refractivity contribution is -0.138. The lowest BCUT2D eigenvalue weighted by Gasteiger charge is -2.40. The molecule has 1 unspecified atom stereocenters. The second kappa shape index (κ2) is 7.54. The van der Waals surface area contributed by atoms with E-state index in [2.05, 4.69) is 9.88 Å². The number of ether oxygens (including phenoxy) is 1. The van der Waals surface area contributed by atoms with Gasteiger partial charge in [-0.3, -0.25) is 9.59 Å². The molecule has 6 nitrogen and oxygen atoms in total. The number of fused-ring (bicyclic) bond motifs is 2. The van der Waals surface area contributed by atoms with Crippen LogP contribution in [0.3, 0.4) is 0 Å². The SMILES string of the molecule is CC(=O)N1[C@@H]2CC[C@H]1CC(OC1CCN(C(=O)c3ccc(F)cn3)CC1)C2. The summed E-state index contributed by atoms with van der Waals surface area (Å²) in [5.74, 6) is -0.410. The van der Waals surface area contributed by atoms with E-state index < -0.39 is 5.82 Å². The van der Waals surface area contributed by atoms with Crippen molar-refractivity contribution in [1.29, 1.82) is 0 Å². The van der Waals surface area contributed by atoms with Crippen LogP contribution in [0.25, 0.3) is 0 Å². The summed E-state index contributed by atoms with van der Waals surface area (Å²) in [5, 5.41) is 0. The molecule has 146 valence electrons. The Morgan fingerprint density at radius 2 is 1.74 bits per heavy atom. The van der Waals surface area contributed by atoms with Gasteiger partial charge in [0.05, 0.1) is 18.4 Å². The first-order valence-corrected chi connectivity index (χ1v) is 9.86. The summed E-state index contributed by atoms with van der Waals surface area (Å²) >= 11 is 0. The van der Waals surface area contributed by atoms with E-state index in [4.69, 9.17) is 4.74 Å². The Hall–Kier alpha value is -2.02. The fourth-order valence-electron chi connectivity index (χ4n) is 4.88. The fourth-order valence-corrected chi connectivity index (χ4v) is 4.88. The van der Waals surface area contributed by atoms with Crippen molar-refractivity contribution < 1.29 is 18.7 Å². The topological polar surface area (TPSA) is 62.7 Å². The standard InChI is InChI=1S/C20H26FN3O3/c1-13(25)24-15-3-4-16(24)11-18(10-15)27-17-6-8-23(9-7-17)20(26)19-5-2-14(21)12-22-19/h2,5,12,15-18H,3-4,6-11H2,1H3/t15-,16+,18?. The van der Waals surface area contributed by atoms with Gasteiger partial charge in [0.25, 0.3) is 5.91 Å². The molecule has 3 fully saturated rings. The summed E-state index contributed by atoms with van der Waals surface area (Å²) in [7, 11) is 0. The van der Waals surface area contributed by atoms with Crippen LogP contribution < -0.4 is 0 Å². The van der Waals surface area contributed by atoms with Crippen molar-refractivity contribution in [2.45, 2.75) is 69.7 Å². The van der Waals surface area contributed by atoms with Crippen molar-refractivity contribution in [2.75, 3.05) is 13.1 Å². The van der Waals surface area contributed by atoms with Crippen LogP contribution in [-0.2, 0) is 9.53 Å². The molecular formula is C20H26FN3O3. The van der Waals surface area contributed by atoms with Crippen molar-refractivity contribution in [3.8, 4) is 0 Å². The Kier molecular flexibility index (Phi) is 5.12. The molecule has 2 bridgehead atoms. The van der Waals surface area contributed by atoms with E-state index in [0.717, 1.165) is 44.7 Å². The fraction of sp³-hybridized carbons (Fsp3) is 0.650. The highest BCUT2D eigenvalue weighted by atomic mass is 19.1. The highest BCUT2D eigenvalue weighted by molar-refractivity contribution is 5.92. The lowest BCUT2D eigenvalue weighted by atomic mass is 9.98. The monoisotopic (exact) mass is 375 g/mol. The number of amides is 2. The van der Waals surface area contributed by atoms with E-state index >= 15 is 0 Å². The van der Waals surface area contributed by atoms with Crippen molar-refractivity contribution in [3.05, 3.63) is 29.8 Å². The van der Waals surface area contributed by atoms with Crippen molar-refractivity contribution in [3.63, 3.8) is 0 Å². The number of hydrogen-bond donors (Lipinski definition) is 0. The number of piperidine rings is 2. The molecule has 1 aromatic heterocycles. The number of rotatable bonds is 3. The predicted molar refractivity (Wildman–Crippen MR) is 96.6 cm³/mol. The van der Waals surface area contributed by atoms with Gasteiger partial charge in [0, 0.05) is 32.1 Å². The van der Waals surface area contributed by atoms with Crippen LogP contribution in [0.1, 0.15) is 55.9 Å².